The number of rotatable bonds is 7. The van der Waals surface area contributed by atoms with Crippen LogP contribution in [-0.2, 0) is 24.6 Å². The summed E-state index contributed by atoms with van der Waals surface area (Å²) in [5, 5.41) is 0. The van der Waals surface area contributed by atoms with E-state index in [1.807, 2.05) is 31.2 Å². The summed E-state index contributed by atoms with van der Waals surface area (Å²) in [5.41, 5.74) is 2.16. The molecule has 5 nitrogen and oxygen atoms in total. The zero-order valence-electron chi connectivity index (χ0n) is 13.9. The van der Waals surface area contributed by atoms with Gasteiger partial charge in [0.25, 0.3) is 0 Å². The van der Waals surface area contributed by atoms with Gasteiger partial charge in [-0.1, -0.05) is 24.3 Å². The van der Waals surface area contributed by atoms with Crippen LogP contribution in [0.15, 0.2) is 29.3 Å². The van der Waals surface area contributed by atoms with Gasteiger partial charge in [-0.05, 0) is 32.8 Å². The Hall–Kier alpha value is -2.17. The molecule has 0 spiro atoms. The summed E-state index contributed by atoms with van der Waals surface area (Å²) in [4.78, 5) is 28.6. The number of nitrogens with zero attached hydrogens (tertiary/aromatic N) is 1. The number of benzene rings is 1. The average Bonchev–Trinajstić information content (AvgIpc) is 2.79. The van der Waals surface area contributed by atoms with Crippen molar-refractivity contribution >= 4 is 17.7 Å². The maximum absolute atomic E-state index is 12.1. The third-order valence-corrected chi connectivity index (χ3v) is 3.99. The minimum Gasteiger partial charge on any atom is -0.466 e. The lowest BCUT2D eigenvalue weighted by atomic mass is 9.82. The van der Waals surface area contributed by atoms with Gasteiger partial charge in [0.2, 0.25) is 0 Å². The van der Waals surface area contributed by atoms with Crippen molar-refractivity contribution < 1.29 is 19.1 Å². The summed E-state index contributed by atoms with van der Waals surface area (Å²) in [6, 6.07) is 7.84. The molecule has 1 heterocycles. The minimum absolute atomic E-state index is 0.134. The monoisotopic (exact) mass is 317 g/mol. The van der Waals surface area contributed by atoms with E-state index < -0.39 is 5.54 Å². The topological polar surface area (TPSA) is 65.0 Å². The van der Waals surface area contributed by atoms with E-state index in [9.17, 15) is 9.59 Å². The van der Waals surface area contributed by atoms with Crippen molar-refractivity contribution in [1.82, 2.24) is 0 Å². The lowest BCUT2D eigenvalue weighted by molar-refractivity contribution is -0.147. The molecular formula is C18H23NO4. The molecule has 0 bridgehead atoms. The van der Waals surface area contributed by atoms with Crippen molar-refractivity contribution in [1.29, 1.82) is 0 Å². The highest BCUT2D eigenvalue weighted by molar-refractivity contribution is 6.03. The van der Waals surface area contributed by atoms with Gasteiger partial charge in [0.1, 0.15) is 0 Å². The molecule has 0 saturated heterocycles. The van der Waals surface area contributed by atoms with Crippen LogP contribution in [-0.4, -0.2) is 30.9 Å². The molecule has 124 valence electrons. The van der Waals surface area contributed by atoms with Crippen LogP contribution < -0.4 is 0 Å². The van der Waals surface area contributed by atoms with Gasteiger partial charge >= 0.3 is 11.9 Å². The SMILES string of the molecule is CCOC(=O)CCC1(CC(=O)OCC)N=C(C)c2ccccc21. The number of aliphatic imine (C=N–C) groups is 1. The Kier molecular flexibility index (Phi) is 5.53. The zero-order chi connectivity index (χ0) is 16.9. The zero-order valence-corrected chi connectivity index (χ0v) is 13.9. The highest BCUT2D eigenvalue weighted by Crippen LogP contribution is 2.42. The van der Waals surface area contributed by atoms with Gasteiger partial charge in [-0.15, -0.1) is 0 Å². The summed E-state index contributed by atoms with van der Waals surface area (Å²) in [5.74, 6) is -0.572. The van der Waals surface area contributed by atoms with Crippen LogP contribution in [0.1, 0.15) is 51.2 Å². The van der Waals surface area contributed by atoms with Crippen LogP contribution in [0, 0.1) is 0 Å². The number of fused-ring (bicyclic) bond motifs is 1. The summed E-state index contributed by atoms with van der Waals surface area (Å²) in [6.07, 6.45) is 0.784. The van der Waals surface area contributed by atoms with E-state index in [4.69, 9.17) is 14.5 Å². The molecule has 0 aromatic heterocycles. The molecule has 1 aliphatic heterocycles. The Morgan fingerprint density at radius 3 is 2.43 bits per heavy atom. The lowest BCUT2D eigenvalue weighted by Crippen LogP contribution is -2.28. The molecular weight excluding hydrogens is 294 g/mol. The molecule has 0 saturated carbocycles. The highest BCUT2D eigenvalue weighted by atomic mass is 16.5. The third kappa shape index (κ3) is 3.78. The number of carbonyl (C=O) groups excluding carboxylic acids is 2. The summed E-state index contributed by atoms with van der Waals surface area (Å²) in [7, 11) is 0. The van der Waals surface area contributed by atoms with Crippen molar-refractivity contribution in [3.63, 3.8) is 0 Å². The summed E-state index contributed by atoms with van der Waals surface area (Å²) in [6.45, 7) is 6.16. The molecule has 1 aliphatic rings. The first-order chi connectivity index (χ1) is 11.0. The molecule has 1 aromatic rings. The fourth-order valence-corrected chi connectivity index (χ4v) is 3.05. The van der Waals surface area contributed by atoms with Gasteiger partial charge in [0.15, 0.2) is 0 Å². The highest BCUT2D eigenvalue weighted by Gasteiger charge is 2.41. The number of hydrogen-bond acceptors (Lipinski definition) is 5. The van der Waals surface area contributed by atoms with Crippen LogP contribution in [0.2, 0.25) is 0 Å². The predicted octanol–water partition coefficient (Wildman–Crippen LogP) is 3.00. The van der Waals surface area contributed by atoms with E-state index in [0.29, 0.717) is 19.6 Å². The first-order valence-electron chi connectivity index (χ1n) is 8.00. The molecule has 1 unspecified atom stereocenters. The molecule has 0 aliphatic carbocycles. The Labute approximate surface area is 136 Å². The third-order valence-electron chi connectivity index (χ3n) is 3.99. The largest absolute Gasteiger partial charge is 0.466 e. The molecule has 2 rings (SSSR count). The molecule has 1 aromatic carbocycles. The smallest absolute Gasteiger partial charge is 0.308 e. The number of hydrogen-bond donors (Lipinski definition) is 0. The lowest BCUT2D eigenvalue weighted by Gasteiger charge is -2.26. The standard InChI is InChI=1S/C18H23NO4/c1-4-22-16(20)10-11-18(12-17(21)23-5-2)15-9-7-6-8-14(15)13(3)19-18/h6-9H,4-5,10-12H2,1-3H3. The Morgan fingerprint density at radius 1 is 1.09 bits per heavy atom. The normalized spacial score (nSPS) is 19.0. The summed E-state index contributed by atoms with van der Waals surface area (Å²) >= 11 is 0. The Balaban J connectivity index is 2.30. The van der Waals surface area contributed by atoms with Crippen molar-refractivity contribution in [2.24, 2.45) is 4.99 Å². The van der Waals surface area contributed by atoms with Gasteiger partial charge < -0.3 is 9.47 Å². The van der Waals surface area contributed by atoms with E-state index in [1.54, 1.807) is 13.8 Å². The Bertz CT molecular complexity index is 623. The van der Waals surface area contributed by atoms with Crippen LogP contribution in [0.5, 0.6) is 0 Å². The first kappa shape index (κ1) is 17.2. The number of esters is 2. The van der Waals surface area contributed by atoms with Crippen molar-refractivity contribution in [2.45, 2.75) is 45.6 Å². The minimum atomic E-state index is -0.736. The molecule has 0 radical (unpaired) electrons. The van der Waals surface area contributed by atoms with E-state index in [-0.39, 0.29) is 24.8 Å². The van der Waals surface area contributed by atoms with Crippen LogP contribution >= 0.6 is 0 Å². The van der Waals surface area contributed by atoms with E-state index >= 15 is 0 Å². The van der Waals surface area contributed by atoms with E-state index in [2.05, 4.69) is 0 Å². The van der Waals surface area contributed by atoms with Gasteiger partial charge in [-0.3, -0.25) is 14.6 Å². The fraction of sp³-hybridized carbons (Fsp3) is 0.500. The van der Waals surface area contributed by atoms with Crippen molar-refractivity contribution in [2.75, 3.05) is 13.2 Å². The van der Waals surface area contributed by atoms with Gasteiger partial charge in [0.05, 0.1) is 25.2 Å². The van der Waals surface area contributed by atoms with Crippen molar-refractivity contribution in [3.8, 4) is 0 Å². The fourth-order valence-electron chi connectivity index (χ4n) is 3.05. The van der Waals surface area contributed by atoms with Gasteiger partial charge in [-0.25, -0.2) is 0 Å². The van der Waals surface area contributed by atoms with Crippen LogP contribution in [0.3, 0.4) is 0 Å². The Morgan fingerprint density at radius 2 is 1.74 bits per heavy atom. The van der Waals surface area contributed by atoms with Crippen LogP contribution in [0.25, 0.3) is 0 Å². The molecule has 5 heteroatoms. The average molecular weight is 317 g/mol. The van der Waals surface area contributed by atoms with Gasteiger partial charge in [-0.2, -0.15) is 0 Å². The second-order valence-corrected chi connectivity index (χ2v) is 5.56. The molecule has 0 amide bonds. The quantitative estimate of drug-likeness (QED) is 0.725. The van der Waals surface area contributed by atoms with Crippen molar-refractivity contribution in [3.05, 3.63) is 35.4 Å². The predicted molar refractivity (Wildman–Crippen MR) is 87.4 cm³/mol. The molecule has 1 atom stereocenters. The van der Waals surface area contributed by atoms with E-state index in [1.165, 1.54) is 0 Å². The van der Waals surface area contributed by atoms with Gasteiger partial charge in [0, 0.05) is 17.7 Å². The van der Waals surface area contributed by atoms with Crippen LogP contribution in [0.4, 0.5) is 0 Å². The summed E-state index contributed by atoms with van der Waals surface area (Å²) < 4.78 is 10.1. The maximum Gasteiger partial charge on any atom is 0.308 e. The molecule has 0 N–H and O–H groups in total. The second kappa shape index (κ2) is 7.40. The molecule has 0 fully saturated rings. The van der Waals surface area contributed by atoms with E-state index in [0.717, 1.165) is 16.8 Å². The first-order valence-corrected chi connectivity index (χ1v) is 8.00. The number of ether oxygens (including phenoxy) is 2. The second-order valence-electron chi connectivity index (χ2n) is 5.56. The number of carbonyl (C=O) groups is 2. The molecule has 23 heavy (non-hydrogen) atoms. The maximum atomic E-state index is 12.1.